The summed E-state index contributed by atoms with van der Waals surface area (Å²) in [7, 11) is 0. The summed E-state index contributed by atoms with van der Waals surface area (Å²) in [5.74, 6) is -2.45. The maximum atomic E-state index is 13.3. The lowest BCUT2D eigenvalue weighted by Gasteiger charge is -2.10. The van der Waals surface area contributed by atoms with Gasteiger partial charge < -0.3 is 20.7 Å². The minimum atomic E-state index is -0.823. The molecule has 2 rings (SSSR count). The molecule has 0 aliphatic heterocycles. The second-order valence-corrected chi connectivity index (χ2v) is 5.37. The fraction of sp³-hybridized carbons (Fsp3) is 0.222. The predicted molar refractivity (Wildman–Crippen MR) is 92.0 cm³/mol. The van der Waals surface area contributed by atoms with Crippen molar-refractivity contribution in [2.75, 3.05) is 26.2 Å². The molecular weight excluding hydrogens is 363 g/mol. The van der Waals surface area contributed by atoms with Gasteiger partial charge in [-0.3, -0.25) is 4.79 Å². The van der Waals surface area contributed by atoms with Gasteiger partial charge in [-0.2, -0.15) is 0 Å². The zero-order valence-electron chi connectivity index (χ0n) is 14.2. The van der Waals surface area contributed by atoms with E-state index < -0.39 is 23.5 Å². The summed E-state index contributed by atoms with van der Waals surface area (Å²) in [5, 5.41) is 7.57. The van der Waals surface area contributed by atoms with Gasteiger partial charge in [-0.15, -0.1) is 0 Å². The van der Waals surface area contributed by atoms with Crippen LogP contribution in [0.25, 0.3) is 0 Å². The number of halogens is 3. The Morgan fingerprint density at radius 3 is 2.15 bits per heavy atom. The number of hydrogen-bond donors (Lipinski definition) is 3. The van der Waals surface area contributed by atoms with Crippen molar-refractivity contribution >= 4 is 11.9 Å². The van der Waals surface area contributed by atoms with Crippen molar-refractivity contribution in [3.63, 3.8) is 0 Å². The molecule has 2 aromatic carbocycles. The number of nitrogens with one attached hydrogen (secondary N) is 3. The van der Waals surface area contributed by atoms with Crippen LogP contribution in [0.5, 0.6) is 5.75 Å². The van der Waals surface area contributed by atoms with Crippen molar-refractivity contribution in [3.05, 3.63) is 65.5 Å². The molecule has 3 N–H and O–H groups in total. The maximum absolute atomic E-state index is 13.3. The molecule has 0 radical (unpaired) electrons. The quantitative estimate of drug-likeness (QED) is 0.614. The minimum Gasteiger partial charge on any atom is -0.489 e. The van der Waals surface area contributed by atoms with E-state index >= 15 is 0 Å². The number of hydrogen-bond acceptors (Lipinski definition) is 3. The summed E-state index contributed by atoms with van der Waals surface area (Å²) in [4.78, 5) is 23.3. The molecule has 6 nitrogen and oxygen atoms in total. The van der Waals surface area contributed by atoms with E-state index in [1.807, 2.05) is 0 Å². The molecule has 0 saturated heterocycles. The van der Waals surface area contributed by atoms with Gasteiger partial charge in [-0.25, -0.2) is 18.0 Å². The van der Waals surface area contributed by atoms with Gasteiger partial charge in [0.2, 0.25) is 0 Å². The zero-order chi connectivity index (χ0) is 19.6. The van der Waals surface area contributed by atoms with Crippen LogP contribution in [0.3, 0.4) is 0 Å². The van der Waals surface area contributed by atoms with Crippen molar-refractivity contribution in [3.8, 4) is 5.75 Å². The first-order valence-corrected chi connectivity index (χ1v) is 8.09. The third-order valence-corrected chi connectivity index (χ3v) is 3.34. The van der Waals surface area contributed by atoms with Gasteiger partial charge in [-0.05, 0) is 36.4 Å². The Hall–Kier alpha value is -3.23. The highest BCUT2D eigenvalue weighted by atomic mass is 19.1. The molecule has 9 heteroatoms. The van der Waals surface area contributed by atoms with E-state index in [9.17, 15) is 22.8 Å². The van der Waals surface area contributed by atoms with Crippen LogP contribution in [0, 0.1) is 17.5 Å². The standard InChI is InChI=1S/C18H18F3N3O3/c19-13-3-1-12(2-4-13)17(25)22-7-8-23-18(26)24-9-10-27-16-6-5-14(20)11-15(16)21/h1-6,11H,7-10H2,(H,22,25)(H2,23,24,26). The summed E-state index contributed by atoms with van der Waals surface area (Å²) in [6, 6.07) is 7.52. The van der Waals surface area contributed by atoms with Crippen LogP contribution in [0.1, 0.15) is 10.4 Å². The van der Waals surface area contributed by atoms with Gasteiger partial charge in [0.05, 0.1) is 6.54 Å². The van der Waals surface area contributed by atoms with Gasteiger partial charge in [-0.1, -0.05) is 0 Å². The first-order chi connectivity index (χ1) is 13.0. The average molecular weight is 381 g/mol. The number of carbonyl (C=O) groups is 2. The molecule has 0 atom stereocenters. The predicted octanol–water partition coefficient (Wildman–Crippen LogP) is 2.21. The fourth-order valence-electron chi connectivity index (χ4n) is 2.04. The number of urea groups is 1. The molecule has 0 bridgehead atoms. The minimum absolute atomic E-state index is 0.00270. The van der Waals surface area contributed by atoms with E-state index in [0.717, 1.165) is 12.1 Å². The van der Waals surface area contributed by atoms with Gasteiger partial charge >= 0.3 is 6.03 Å². The zero-order valence-corrected chi connectivity index (χ0v) is 14.2. The number of rotatable bonds is 8. The van der Waals surface area contributed by atoms with Crippen LogP contribution in [0.15, 0.2) is 42.5 Å². The summed E-state index contributed by atoms with van der Waals surface area (Å²) < 4.78 is 43.9. The molecule has 0 aromatic heterocycles. The summed E-state index contributed by atoms with van der Waals surface area (Å²) in [6.07, 6.45) is 0. The third kappa shape index (κ3) is 6.89. The van der Waals surface area contributed by atoms with E-state index in [2.05, 4.69) is 16.0 Å². The summed E-state index contributed by atoms with van der Waals surface area (Å²) in [6.45, 7) is 0.453. The first-order valence-electron chi connectivity index (χ1n) is 8.09. The molecule has 3 amide bonds. The highest BCUT2D eigenvalue weighted by Crippen LogP contribution is 2.17. The van der Waals surface area contributed by atoms with Crippen LogP contribution in [0.4, 0.5) is 18.0 Å². The lowest BCUT2D eigenvalue weighted by Crippen LogP contribution is -2.41. The van der Waals surface area contributed by atoms with E-state index in [1.165, 1.54) is 24.3 Å². The number of amides is 3. The molecule has 144 valence electrons. The molecule has 0 saturated carbocycles. The van der Waals surface area contributed by atoms with Crippen molar-refractivity contribution in [1.29, 1.82) is 0 Å². The van der Waals surface area contributed by atoms with Gasteiger partial charge in [0.15, 0.2) is 11.6 Å². The molecule has 0 fully saturated rings. The normalized spacial score (nSPS) is 10.2. The molecule has 27 heavy (non-hydrogen) atoms. The van der Waals surface area contributed by atoms with Crippen LogP contribution in [-0.4, -0.2) is 38.2 Å². The van der Waals surface area contributed by atoms with Crippen molar-refractivity contribution in [1.82, 2.24) is 16.0 Å². The smallest absolute Gasteiger partial charge is 0.314 e. The highest BCUT2D eigenvalue weighted by Gasteiger charge is 2.06. The second kappa shape index (κ2) is 10.0. The van der Waals surface area contributed by atoms with Crippen LogP contribution in [-0.2, 0) is 0 Å². The van der Waals surface area contributed by atoms with Crippen LogP contribution >= 0.6 is 0 Å². The van der Waals surface area contributed by atoms with Gasteiger partial charge in [0.25, 0.3) is 5.91 Å². The van der Waals surface area contributed by atoms with Crippen LogP contribution in [0.2, 0.25) is 0 Å². The maximum Gasteiger partial charge on any atom is 0.314 e. The van der Waals surface area contributed by atoms with E-state index in [4.69, 9.17) is 4.74 Å². The Morgan fingerprint density at radius 1 is 0.815 bits per heavy atom. The van der Waals surface area contributed by atoms with Crippen LogP contribution < -0.4 is 20.7 Å². The van der Waals surface area contributed by atoms with Gasteiger partial charge in [0, 0.05) is 24.7 Å². The Bertz CT molecular complexity index is 785. The SMILES string of the molecule is O=C(NCCNC(=O)c1ccc(F)cc1)NCCOc1ccc(F)cc1F. The van der Waals surface area contributed by atoms with E-state index in [0.29, 0.717) is 11.6 Å². The lowest BCUT2D eigenvalue weighted by atomic mass is 10.2. The number of benzene rings is 2. The van der Waals surface area contributed by atoms with Gasteiger partial charge in [0.1, 0.15) is 18.2 Å². The molecule has 0 aliphatic rings. The first kappa shape index (κ1) is 20.1. The topological polar surface area (TPSA) is 79.5 Å². The Morgan fingerprint density at radius 2 is 1.44 bits per heavy atom. The number of carbonyl (C=O) groups excluding carboxylic acids is 2. The molecule has 2 aromatic rings. The largest absolute Gasteiger partial charge is 0.489 e. The molecule has 0 unspecified atom stereocenters. The van der Waals surface area contributed by atoms with Crippen molar-refractivity contribution in [2.45, 2.75) is 0 Å². The van der Waals surface area contributed by atoms with E-state index in [1.54, 1.807) is 0 Å². The Balaban J connectivity index is 1.57. The molecule has 0 spiro atoms. The number of ether oxygens (including phenoxy) is 1. The van der Waals surface area contributed by atoms with Crippen molar-refractivity contribution < 1.29 is 27.5 Å². The third-order valence-electron chi connectivity index (χ3n) is 3.34. The van der Waals surface area contributed by atoms with E-state index in [-0.39, 0.29) is 37.9 Å². The Labute approximate surface area is 153 Å². The summed E-state index contributed by atoms with van der Waals surface area (Å²) >= 11 is 0. The Kier molecular flexibility index (Phi) is 7.48. The molecule has 0 heterocycles. The molecular formula is C18H18F3N3O3. The summed E-state index contributed by atoms with van der Waals surface area (Å²) in [5.41, 5.74) is 0.311. The fourth-order valence-corrected chi connectivity index (χ4v) is 2.04. The highest BCUT2D eigenvalue weighted by molar-refractivity contribution is 5.94. The second-order valence-electron chi connectivity index (χ2n) is 5.37. The average Bonchev–Trinajstić information content (AvgIpc) is 2.64. The monoisotopic (exact) mass is 381 g/mol. The molecule has 0 aliphatic carbocycles. The lowest BCUT2D eigenvalue weighted by molar-refractivity contribution is 0.0953. The van der Waals surface area contributed by atoms with Crippen molar-refractivity contribution in [2.24, 2.45) is 0 Å².